The molecule has 1 aromatic carbocycles. The Bertz CT molecular complexity index is 941. The number of anilines is 1. The van der Waals surface area contributed by atoms with Gasteiger partial charge in [-0.05, 0) is 44.9 Å². The number of allylic oxidation sites excluding steroid dienone is 2. The summed E-state index contributed by atoms with van der Waals surface area (Å²) in [6, 6.07) is 4.93. The molecule has 2 unspecified atom stereocenters. The smallest absolute Gasteiger partial charge is 0.302 e. The van der Waals surface area contributed by atoms with Gasteiger partial charge in [0.1, 0.15) is 0 Å². The summed E-state index contributed by atoms with van der Waals surface area (Å²) in [5.41, 5.74) is 3.82. The number of nitrogens with zero attached hydrogens (tertiary/aromatic N) is 5. The Morgan fingerprint density at radius 3 is 2.54 bits per heavy atom. The van der Waals surface area contributed by atoms with Gasteiger partial charge in [-0.3, -0.25) is 19.5 Å². The molecular weight excluding hydrogens is 378 g/mol. The molecule has 1 fully saturated rings. The van der Waals surface area contributed by atoms with Crippen molar-refractivity contribution in [2.24, 2.45) is 4.99 Å². The molecule has 0 spiro atoms. The number of fused-ring (bicyclic) bond motifs is 3. The highest BCUT2D eigenvalue weighted by molar-refractivity contribution is 6.32. The second kappa shape index (κ2) is 6.51. The molecule has 0 aliphatic carbocycles. The van der Waals surface area contributed by atoms with E-state index in [0.717, 1.165) is 29.1 Å². The average molecular weight is 402 g/mol. The number of carbonyl (C=O) groups excluding carboxylic acids is 2. The number of amides is 3. The maximum Gasteiger partial charge on any atom is 0.328 e. The fourth-order valence-corrected chi connectivity index (χ4v) is 4.34. The third-order valence-corrected chi connectivity index (χ3v) is 6.23. The van der Waals surface area contributed by atoms with E-state index in [1.165, 1.54) is 4.90 Å². The van der Waals surface area contributed by atoms with Crippen LogP contribution < -0.4 is 4.90 Å². The van der Waals surface area contributed by atoms with Gasteiger partial charge in [-0.15, -0.1) is 0 Å². The van der Waals surface area contributed by atoms with Crippen LogP contribution >= 0.6 is 11.6 Å². The van der Waals surface area contributed by atoms with Gasteiger partial charge in [0.25, 0.3) is 5.91 Å². The van der Waals surface area contributed by atoms with E-state index in [9.17, 15) is 9.59 Å². The van der Waals surface area contributed by atoms with Gasteiger partial charge in [-0.1, -0.05) is 24.6 Å². The Morgan fingerprint density at radius 2 is 1.86 bits per heavy atom. The highest BCUT2D eigenvalue weighted by Crippen LogP contribution is 2.41. The van der Waals surface area contributed by atoms with Gasteiger partial charge in [0, 0.05) is 30.0 Å². The van der Waals surface area contributed by atoms with Gasteiger partial charge in [-0.25, -0.2) is 9.79 Å². The first-order valence-corrected chi connectivity index (χ1v) is 9.85. The van der Waals surface area contributed by atoms with Crippen molar-refractivity contribution in [1.82, 2.24) is 14.7 Å². The largest absolute Gasteiger partial charge is 0.328 e. The normalized spacial score (nSPS) is 24.3. The Morgan fingerprint density at radius 1 is 1.14 bits per heavy atom. The van der Waals surface area contributed by atoms with E-state index >= 15 is 0 Å². The summed E-state index contributed by atoms with van der Waals surface area (Å²) < 4.78 is 0. The van der Waals surface area contributed by atoms with Gasteiger partial charge < -0.3 is 4.90 Å². The number of carbonyl (C=O) groups is 2. The second-order valence-electron chi connectivity index (χ2n) is 7.43. The maximum absolute atomic E-state index is 13.2. The van der Waals surface area contributed by atoms with E-state index in [4.69, 9.17) is 16.6 Å². The van der Waals surface area contributed by atoms with Crippen LogP contribution in [0.3, 0.4) is 0 Å². The van der Waals surface area contributed by atoms with Crippen molar-refractivity contribution in [3.63, 3.8) is 0 Å². The molecule has 7 nitrogen and oxygen atoms in total. The van der Waals surface area contributed by atoms with Crippen molar-refractivity contribution in [2.45, 2.75) is 46.3 Å². The predicted molar refractivity (Wildman–Crippen MR) is 109 cm³/mol. The summed E-state index contributed by atoms with van der Waals surface area (Å²) in [6.07, 6.45) is 0.186. The summed E-state index contributed by atoms with van der Waals surface area (Å²) in [4.78, 5) is 37.6. The molecule has 0 radical (unpaired) electrons. The van der Waals surface area contributed by atoms with Crippen molar-refractivity contribution < 1.29 is 9.59 Å². The number of hydrogen-bond acceptors (Lipinski definition) is 5. The maximum atomic E-state index is 13.2. The number of benzene rings is 1. The van der Waals surface area contributed by atoms with E-state index < -0.39 is 12.2 Å². The standard InChI is InChI=1S/C20H24ClN5O2/c1-6-10-24-18(27)16-17(23(5)20(24)28)22-19-25(12(3)13(4)26(16)19)15-9-7-8-14(21)11(15)2/h7-9,16-17H,6,10H2,1-5H3. The van der Waals surface area contributed by atoms with Crippen LogP contribution in [-0.2, 0) is 4.79 Å². The van der Waals surface area contributed by atoms with Crippen molar-refractivity contribution in [2.75, 3.05) is 18.5 Å². The average Bonchev–Trinajstić information content (AvgIpc) is 3.16. The summed E-state index contributed by atoms with van der Waals surface area (Å²) >= 11 is 6.35. The number of guanidine groups is 1. The van der Waals surface area contributed by atoms with Crippen molar-refractivity contribution in [3.05, 3.63) is 40.2 Å². The third-order valence-electron chi connectivity index (χ3n) is 5.82. The number of hydrogen-bond donors (Lipinski definition) is 0. The number of imide groups is 1. The van der Waals surface area contributed by atoms with E-state index in [2.05, 4.69) is 0 Å². The van der Waals surface area contributed by atoms with Gasteiger partial charge in [0.2, 0.25) is 5.96 Å². The van der Waals surface area contributed by atoms with Crippen LogP contribution in [0.2, 0.25) is 5.02 Å². The summed E-state index contributed by atoms with van der Waals surface area (Å²) in [5, 5.41) is 0.676. The van der Waals surface area contributed by atoms with Gasteiger partial charge >= 0.3 is 6.03 Å². The summed E-state index contributed by atoms with van der Waals surface area (Å²) in [5.74, 6) is 0.479. The molecule has 0 aromatic heterocycles. The van der Waals surface area contributed by atoms with Crippen LogP contribution in [0.25, 0.3) is 0 Å². The Kier molecular flexibility index (Phi) is 4.38. The fourth-order valence-electron chi connectivity index (χ4n) is 4.17. The van der Waals surface area contributed by atoms with E-state index in [1.54, 1.807) is 11.9 Å². The first-order chi connectivity index (χ1) is 13.3. The fraction of sp³-hybridized carbons (Fsp3) is 0.450. The minimum atomic E-state index is -0.538. The first kappa shape index (κ1) is 18.8. The number of aliphatic imine (C=N–C) groups is 1. The molecule has 0 bridgehead atoms. The SMILES string of the molecule is CCCN1C(=O)C2C(N=C3N(c4cccc(Cl)c4C)C(C)=C(C)N32)N(C)C1=O. The number of halogens is 1. The number of likely N-dealkylation sites (N-methyl/N-ethyl adjacent to an activating group) is 1. The molecule has 3 aliphatic rings. The van der Waals surface area contributed by atoms with Crippen molar-refractivity contribution in [1.29, 1.82) is 0 Å². The van der Waals surface area contributed by atoms with Crippen LogP contribution in [0.15, 0.2) is 34.6 Å². The lowest BCUT2D eigenvalue weighted by atomic mass is 10.1. The highest BCUT2D eigenvalue weighted by atomic mass is 35.5. The molecule has 2 atom stereocenters. The molecular formula is C20H24ClN5O2. The van der Waals surface area contributed by atoms with Gasteiger partial charge in [0.15, 0.2) is 12.2 Å². The zero-order chi connectivity index (χ0) is 20.3. The summed E-state index contributed by atoms with van der Waals surface area (Å²) in [6.45, 7) is 8.33. The highest BCUT2D eigenvalue weighted by Gasteiger charge is 2.55. The van der Waals surface area contributed by atoms with Crippen LogP contribution in [0.5, 0.6) is 0 Å². The molecule has 4 rings (SSSR count). The number of rotatable bonds is 3. The van der Waals surface area contributed by atoms with Crippen molar-refractivity contribution >= 4 is 35.2 Å². The van der Waals surface area contributed by atoms with Crippen molar-refractivity contribution in [3.8, 4) is 0 Å². The minimum absolute atomic E-state index is 0.189. The summed E-state index contributed by atoms with van der Waals surface area (Å²) in [7, 11) is 1.71. The quantitative estimate of drug-likeness (QED) is 0.778. The molecule has 0 N–H and O–H groups in total. The minimum Gasteiger partial charge on any atom is -0.302 e. The molecule has 3 heterocycles. The Balaban J connectivity index is 1.81. The Hall–Kier alpha value is -2.54. The number of urea groups is 1. The lowest BCUT2D eigenvalue weighted by molar-refractivity contribution is -0.136. The van der Waals surface area contributed by atoms with Crippen LogP contribution in [0, 0.1) is 6.92 Å². The van der Waals surface area contributed by atoms with Gasteiger partial charge in [0.05, 0.1) is 5.69 Å². The molecule has 148 valence electrons. The Labute approximate surface area is 169 Å². The topological polar surface area (TPSA) is 59.5 Å². The first-order valence-electron chi connectivity index (χ1n) is 9.47. The molecule has 8 heteroatoms. The van der Waals surface area contributed by atoms with E-state index in [0.29, 0.717) is 17.5 Å². The lowest BCUT2D eigenvalue weighted by Gasteiger charge is -2.40. The molecule has 28 heavy (non-hydrogen) atoms. The monoisotopic (exact) mass is 401 g/mol. The zero-order valence-corrected chi connectivity index (χ0v) is 17.5. The lowest BCUT2D eigenvalue weighted by Crippen LogP contribution is -2.64. The molecule has 1 aromatic rings. The second-order valence-corrected chi connectivity index (χ2v) is 7.84. The van der Waals surface area contributed by atoms with Crippen LogP contribution in [-0.4, -0.2) is 58.4 Å². The van der Waals surface area contributed by atoms with E-state index in [1.807, 2.05) is 55.7 Å². The van der Waals surface area contributed by atoms with Crippen LogP contribution in [0.4, 0.5) is 10.5 Å². The zero-order valence-electron chi connectivity index (χ0n) is 16.7. The third kappa shape index (κ3) is 2.38. The molecule has 3 aliphatic heterocycles. The predicted octanol–water partition coefficient (Wildman–Crippen LogP) is 3.39. The molecule has 3 amide bonds. The molecule has 0 saturated carbocycles. The van der Waals surface area contributed by atoms with E-state index in [-0.39, 0.29) is 11.9 Å². The molecule has 1 saturated heterocycles. The van der Waals surface area contributed by atoms with Crippen LogP contribution in [0.1, 0.15) is 32.8 Å². The van der Waals surface area contributed by atoms with Gasteiger partial charge in [-0.2, -0.15) is 0 Å².